The summed E-state index contributed by atoms with van der Waals surface area (Å²) in [4.78, 5) is 22.6. The molecule has 2 atom stereocenters. The molecule has 1 saturated heterocycles. The van der Waals surface area contributed by atoms with Crippen LogP contribution in [0, 0.1) is 0 Å². The lowest BCUT2D eigenvalue weighted by Crippen LogP contribution is -2.35. The molecule has 3 N–H and O–H groups in total. The Morgan fingerprint density at radius 1 is 1.38 bits per heavy atom. The Morgan fingerprint density at radius 2 is 2.19 bits per heavy atom. The molecule has 0 radical (unpaired) electrons. The van der Waals surface area contributed by atoms with Crippen molar-refractivity contribution in [1.29, 1.82) is 0 Å². The summed E-state index contributed by atoms with van der Waals surface area (Å²) in [5.41, 5.74) is 1.89. The lowest BCUT2D eigenvalue weighted by molar-refractivity contribution is -0.149. The molecule has 1 aromatic carbocycles. The van der Waals surface area contributed by atoms with Crippen molar-refractivity contribution in [3.05, 3.63) is 29.8 Å². The van der Waals surface area contributed by atoms with E-state index in [2.05, 4.69) is 17.6 Å². The predicted molar refractivity (Wildman–Crippen MR) is 78.4 cm³/mol. The lowest BCUT2D eigenvalue weighted by Gasteiger charge is -2.13. The lowest BCUT2D eigenvalue weighted by atomic mass is 10.1. The molecule has 0 spiro atoms. The maximum Gasteiger partial charge on any atom is 0.332 e. The maximum atomic E-state index is 11.8. The SMILES string of the molecule is CCc1cccc(NC(=O)NCC2CCC(C(=O)O)O2)c1. The van der Waals surface area contributed by atoms with Gasteiger partial charge in [0.2, 0.25) is 0 Å². The number of carboxylic acid groups (broad SMARTS) is 1. The number of urea groups is 1. The van der Waals surface area contributed by atoms with E-state index in [4.69, 9.17) is 9.84 Å². The predicted octanol–water partition coefficient (Wildman–Crippen LogP) is 2.00. The Hall–Kier alpha value is -2.08. The summed E-state index contributed by atoms with van der Waals surface area (Å²) < 4.78 is 5.32. The normalized spacial score (nSPS) is 21.0. The number of aliphatic carboxylic acids is 1. The Kier molecular flexibility index (Phi) is 5.16. The van der Waals surface area contributed by atoms with Gasteiger partial charge in [0.25, 0.3) is 0 Å². The van der Waals surface area contributed by atoms with Gasteiger partial charge < -0.3 is 20.5 Å². The first-order valence-corrected chi connectivity index (χ1v) is 7.10. The van der Waals surface area contributed by atoms with Crippen LogP contribution in [0.3, 0.4) is 0 Å². The van der Waals surface area contributed by atoms with Crippen LogP contribution in [0.2, 0.25) is 0 Å². The quantitative estimate of drug-likeness (QED) is 0.774. The van der Waals surface area contributed by atoms with Crippen LogP contribution in [-0.4, -0.2) is 35.9 Å². The van der Waals surface area contributed by atoms with Crippen LogP contribution in [0.1, 0.15) is 25.3 Å². The van der Waals surface area contributed by atoms with E-state index >= 15 is 0 Å². The Balaban J connectivity index is 1.76. The first-order chi connectivity index (χ1) is 10.1. The van der Waals surface area contributed by atoms with E-state index in [9.17, 15) is 9.59 Å². The molecular weight excluding hydrogens is 272 g/mol. The third kappa shape index (κ3) is 4.46. The minimum absolute atomic E-state index is 0.237. The number of carbonyl (C=O) groups is 2. The molecule has 0 aliphatic carbocycles. The summed E-state index contributed by atoms with van der Waals surface area (Å²) in [6, 6.07) is 7.33. The molecule has 1 heterocycles. The van der Waals surface area contributed by atoms with Gasteiger partial charge in [-0.15, -0.1) is 0 Å². The highest BCUT2D eigenvalue weighted by Gasteiger charge is 2.30. The number of carbonyl (C=O) groups excluding carboxylic acids is 1. The second kappa shape index (κ2) is 7.08. The Bertz CT molecular complexity index is 518. The number of anilines is 1. The second-order valence-electron chi connectivity index (χ2n) is 5.05. The average Bonchev–Trinajstić information content (AvgIpc) is 2.94. The average molecular weight is 292 g/mol. The summed E-state index contributed by atoms with van der Waals surface area (Å²) >= 11 is 0. The molecule has 1 aromatic rings. The summed E-state index contributed by atoms with van der Waals surface area (Å²) in [6.07, 6.45) is 1.05. The Labute approximate surface area is 123 Å². The molecule has 6 heteroatoms. The number of hydrogen-bond donors (Lipinski definition) is 3. The van der Waals surface area contributed by atoms with Gasteiger partial charge in [0.15, 0.2) is 6.10 Å². The first-order valence-electron chi connectivity index (χ1n) is 7.10. The van der Waals surface area contributed by atoms with Crippen molar-refractivity contribution in [2.45, 2.75) is 38.4 Å². The van der Waals surface area contributed by atoms with Crippen molar-refractivity contribution >= 4 is 17.7 Å². The van der Waals surface area contributed by atoms with E-state index in [1.807, 2.05) is 24.3 Å². The van der Waals surface area contributed by atoms with Gasteiger partial charge in [-0.2, -0.15) is 0 Å². The summed E-state index contributed by atoms with van der Waals surface area (Å²) in [6.45, 7) is 2.36. The number of hydrogen-bond acceptors (Lipinski definition) is 3. The van der Waals surface area contributed by atoms with Crippen molar-refractivity contribution in [2.75, 3.05) is 11.9 Å². The van der Waals surface area contributed by atoms with Crippen LogP contribution in [-0.2, 0) is 16.0 Å². The van der Waals surface area contributed by atoms with Gasteiger partial charge in [-0.05, 0) is 37.0 Å². The maximum absolute atomic E-state index is 11.8. The fraction of sp³-hybridized carbons (Fsp3) is 0.467. The van der Waals surface area contributed by atoms with E-state index in [1.54, 1.807) is 0 Å². The van der Waals surface area contributed by atoms with E-state index in [0.717, 1.165) is 17.7 Å². The van der Waals surface area contributed by atoms with Gasteiger partial charge >= 0.3 is 12.0 Å². The molecule has 0 bridgehead atoms. The van der Waals surface area contributed by atoms with E-state index in [-0.39, 0.29) is 12.1 Å². The molecule has 0 aromatic heterocycles. The van der Waals surface area contributed by atoms with Gasteiger partial charge in [0, 0.05) is 12.2 Å². The minimum atomic E-state index is -0.946. The highest BCUT2D eigenvalue weighted by molar-refractivity contribution is 5.89. The zero-order valence-corrected chi connectivity index (χ0v) is 12.0. The third-order valence-electron chi connectivity index (χ3n) is 3.47. The van der Waals surface area contributed by atoms with Gasteiger partial charge in [-0.3, -0.25) is 0 Å². The molecule has 114 valence electrons. The number of rotatable bonds is 5. The zero-order valence-electron chi connectivity index (χ0n) is 12.0. The van der Waals surface area contributed by atoms with Crippen LogP contribution < -0.4 is 10.6 Å². The molecule has 2 amide bonds. The first kappa shape index (κ1) is 15.3. The monoisotopic (exact) mass is 292 g/mol. The van der Waals surface area contributed by atoms with Crippen LogP contribution in [0.5, 0.6) is 0 Å². The molecule has 21 heavy (non-hydrogen) atoms. The van der Waals surface area contributed by atoms with E-state index in [1.165, 1.54) is 0 Å². The van der Waals surface area contributed by atoms with E-state index < -0.39 is 12.1 Å². The smallest absolute Gasteiger partial charge is 0.332 e. The molecule has 2 rings (SSSR count). The number of carboxylic acids is 1. The fourth-order valence-electron chi connectivity index (χ4n) is 2.29. The van der Waals surface area contributed by atoms with Crippen molar-refractivity contribution in [2.24, 2.45) is 0 Å². The van der Waals surface area contributed by atoms with Gasteiger partial charge in [-0.1, -0.05) is 19.1 Å². The standard InChI is InChI=1S/C15H20N2O4/c1-2-10-4-3-5-11(8-10)17-15(20)16-9-12-6-7-13(21-12)14(18)19/h3-5,8,12-13H,2,6-7,9H2,1H3,(H,18,19)(H2,16,17,20). The van der Waals surface area contributed by atoms with E-state index in [0.29, 0.717) is 19.4 Å². The molecule has 1 aliphatic rings. The van der Waals surface area contributed by atoms with Crippen LogP contribution >= 0.6 is 0 Å². The highest BCUT2D eigenvalue weighted by Crippen LogP contribution is 2.19. The largest absolute Gasteiger partial charge is 0.479 e. The molecule has 0 saturated carbocycles. The van der Waals surface area contributed by atoms with Crippen LogP contribution in [0.4, 0.5) is 10.5 Å². The summed E-state index contributed by atoms with van der Waals surface area (Å²) in [5.74, 6) is -0.946. The van der Waals surface area contributed by atoms with Crippen LogP contribution in [0.15, 0.2) is 24.3 Å². The highest BCUT2D eigenvalue weighted by atomic mass is 16.5. The van der Waals surface area contributed by atoms with Gasteiger partial charge in [0.05, 0.1) is 6.10 Å². The molecule has 6 nitrogen and oxygen atoms in total. The van der Waals surface area contributed by atoms with Crippen molar-refractivity contribution in [1.82, 2.24) is 5.32 Å². The molecule has 1 fully saturated rings. The Morgan fingerprint density at radius 3 is 2.86 bits per heavy atom. The number of aryl methyl sites for hydroxylation is 1. The third-order valence-corrected chi connectivity index (χ3v) is 3.47. The summed E-state index contributed by atoms with van der Waals surface area (Å²) in [5, 5.41) is 14.3. The topological polar surface area (TPSA) is 87.7 Å². The molecule has 1 aliphatic heterocycles. The summed E-state index contributed by atoms with van der Waals surface area (Å²) in [7, 11) is 0. The minimum Gasteiger partial charge on any atom is -0.479 e. The van der Waals surface area contributed by atoms with Crippen LogP contribution in [0.25, 0.3) is 0 Å². The second-order valence-corrected chi connectivity index (χ2v) is 5.05. The number of nitrogens with one attached hydrogen (secondary N) is 2. The molecule has 2 unspecified atom stereocenters. The number of benzene rings is 1. The zero-order chi connectivity index (χ0) is 15.2. The van der Waals surface area contributed by atoms with Gasteiger partial charge in [0.1, 0.15) is 0 Å². The van der Waals surface area contributed by atoms with Crippen molar-refractivity contribution < 1.29 is 19.4 Å². The number of amides is 2. The van der Waals surface area contributed by atoms with Crippen molar-refractivity contribution in [3.63, 3.8) is 0 Å². The number of ether oxygens (including phenoxy) is 1. The fourth-order valence-corrected chi connectivity index (χ4v) is 2.29. The van der Waals surface area contributed by atoms with Crippen molar-refractivity contribution in [3.8, 4) is 0 Å². The molecular formula is C15H20N2O4. The van der Waals surface area contributed by atoms with Gasteiger partial charge in [-0.25, -0.2) is 9.59 Å².